The van der Waals surface area contributed by atoms with Crippen LogP contribution < -0.4 is 10.1 Å². The van der Waals surface area contributed by atoms with E-state index in [9.17, 15) is 4.79 Å². The second-order valence-electron chi connectivity index (χ2n) is 3.61. The molecule has 86 valence electrons. The van der Waals surface area contributed by atoms with Crippen LogP contribution in [0.15, 0.2) is 45.5 Å². The predicted molar refractivity (Wildman–Crippen MR) is 63.7 cm³/mol. The Morgan fingerprint density at radius 1 is 1.18 bits per heavy atom. The lowest BCUT2D eigenvalue weighted by atomic mass is 10.1. The molecule has 1 atom stereocenters. The van der Waals surface area contributed by atoms with Crippen molar-refractivity contribution in [3.63, 3.8) is 0 Å². The number of halogens is 1. The van der Waals surface area contributed by atoms with Crippen molar-refractivity contribution in [2.45, 2.75) is 6.23 Å². The molecule has 0 aliphatic carbocycles. The van der Waals surface area contributed by atoms with Crippen LogP contribution in [-0.2, 0) is 0 Å². The van der Waals surface area contributed by atoms with E-state index in [1.807, 2.05) is 6.07 Å². The molecule has 1 aliphatic heterocycles. The first-order chi connectivity index (χ1) is 8.24. The summed E-state index contributed by atoms with van der Waals surface area (Å²) < 4.78 is 11.6. The van der Waals surface area contributed by atoms with Gasteiger partial charge in [-0.2, -0.15) is 0 Å². The monoisotopic (exact) mass is 293 g/mol. The van der Waals surface area contributed by atoms with E-state index < -0.39 is 6.23 Å². The number of carbonyl (C=O) groups is 1. The molecule has 0 saturated heterocycles. The molecule has 2 aromatic rings. The lowest BCUT2D eigenvalue weighted by Crippen LogP contribution is -2.36. The zero-order chi connectivity index (χ0) is 11.8. The largest absolute Gasteiger partial charge is 0.462 e. The van der Waals surface area contributed by atoms with Crippen molar-refractivity contribution in [1.82, 2.24) is 5.32 Å². The number of hydrogen-bond acceptors (Lipinski definition) is 3. The molecule has 3 rings (SSSR count). The van der Waals surface area contributed by atoms with Crippen LogP contribution in [0.25, 0.3) is 0 Å². The summed E-state index contributed by atoms with van der Waals surface area (Å²) in [5.74, 6) is 0.956. The van der Waals surface area contributed by atoms with Gasteiger partial charge in [0.1, 0.15) is 5.75 Å². The van der Waals surface area contributed by atoms with Crippen LogP contribution in [0.4, 0.5) is 0 Å². The minimum atomic E-state index is -0.580. The van der Waals surface area contributed by atoms with Crippen molar-refractivity contribution >= 4 is 21.8 Å². The van der Waals surface area contributed by atoms with Gasteiger partial charge in [-0.1, -0.05) is 12.1 Å². The van der Waals surface area contributed by atoms with Crippen LogP contribution >= 0.6 is 15.9 Å². The number of fused-ring (bicyclic) bond motifs is 1. The SMILES string of the molecule is O=C1NC(c2ccc(Br)o2)Oc2ccccc21. The molecule has 1 unspecified atom stereocenters. The first-order valence-electron chi connectivity index (χ1n) is 5.06. The van der Waals surface area contributed by atoms with Crippen molar-refractivity contribution in [3.05, 3.63) is 52.4 Å². The molecule has 1 N–H and O–H groups in total. The molecule has 1 aromatic heterocycles. The van der Waals surface area contributed by atoms with E-state index in [-0.39, 0.29) is 5.91 Å². The molecule has 0 radical (unpaired) electrons. The number of furan rings is 1. The third-order valence-electron chi connectivity index (χ3n) is 2.49. The fraction of sp³-hybridized carbons (Fsp3) is 0.0833. The average Bonchev–Trinajstić information content (AvgIpc) is 2.76. The Morgan fingerprint density at radius 3 is 2.76 bits per heavy atom. The summed E-state index contributed by atoms with van der Waals surface area (Å²) in [6.45, 7) is 0. The topological polar surface area (TPSA) is 51.5 Å². The quantitative estimate of drug-likeness (QED) is 0.880. The van der Waals surface area contributed by atoms with Gasteiger partial charge in [0.25, 0.3) is 5.91 Å². The lowest BCUT2D eigenvalue weighted by molar-refractivity contribution is 0.0705. The van der Waals surface area contributed by atoms with E-state index in [4.69, 9.17) is 9.15 Å². The first kappa shape index (κ1) is 10.4. The van der Waals surface area contributed by atoms with Crippen molar-refractivity contribution in [1.29, 1.82) is 0 Å². The number of carbonyl (C=O) groups excluding carboxylic acids is 1. The summed E-state index contributed by atoms with van der Waals surface area (Å²) in [6.07, 6.45) is -0.580. The number of amides is 1. The van der Waals surface area contributed by atoms with E-state index in [0.29, 0.717) is 21.7 Å². The third kappa shape index (κ3) is 1.82. The van der Waals surface area contributed by atoms with Crippen LogP contribution in [0.2, 0.25) is 0 Å². The van der Waals surface area contributed by atoms with Gasteiger partial charge in [0.05, 0.1) is 5.56 Å². The summed E-state index contributed by atoms with van der Waals surface area (Å²) in [5.41, 5.74) is 0.536. The first-order valence-corrected chi connectivity index (χ1v) is 5.85. The molecule has 1 amide bonds. The molecule has 0 saturated carbocycles. The molecule has 1 aromatic carbocycles. The summed E-state index contributed by atoms with van der Waals surface area (Å²) in [4.78, 5) is 11.8. The Kier molecular flexibility index (Phi) is 2.40. The van der Waals surface area contributed by atoms with Crippen molar-refractivity contribution in [2.24, 2.45) is 0 Å². The molecule has 2 heterocycles. The van der Waals surface area contributed by atoms with Crippen LogP contribution in [0.1, 0.15) is 22.3 Å². The maximum atomic E-state index is 11.8. The van der Waals surface area contributed by atoms with Gasteiger partial charge >= 0.3 is 0 Å². The molecule has 4 nitrogen and oxygen atoms in total. The van der Waals surface area contributed by atoms with E-state index >= 15 is 0 Å². The molecule has 1 aliphatic rings. The number of rotatable bonds is 1. The summed E-state index contributed by atoms with van der Waals surface area (Å²) in [5, 5.41) is 2.73. The molecule has 0 bridgehead atoms. The van der Waals surface area contributed by atoms with Crippen LogP contribution in [0.5, 0.6) is 5.75 Å². The van der Waals surface area contributed by atoms with Crippen LogP contribution in [0, 0.1) is 0 Å². The van der Waals surface area contributed by atoms with Gasteiger partial charge in [0.2, 0.25) is 6.23 Å². The average molecular weight is 294 g/mol. The highest BCUT2D eigenvalue weighted by Gasteiger charge is 2.28. The fourth-order valence-electron chi connectivity index (χ4n) is 1.71. The smallest absolute Gasteiger partial charge is 0.258 e. The Hall–Kier alpha value is -1.75. The molecule has 0 fully saturated rings. The van der Waals surface area contributed by atoms with E-state index in [1.165, 1.54) is 0 Å². The van der Waals surface area contributed by atoms with Gasteiger partial charge in [-0.05, 0) is 40.2 Å². The van der Waals surface area contributed by atoms with Gasteiger partial charge in [-0.25, -0.2) is 0 Å². The minimum Gasteiger partial charge on any atom is -0.462 e. The summed E-state index contributed by atoms with van der Waals surface area (Å²) >= 11 is 3.21. The van der Waals surface area contributed by atoms with E-state index in [1.54, 1.807) is 30.3 Å². The minimum absolute atomic E-state index is 0.163. The zero-order valence-corrected chi connectivity index (χ0v) is 10.2. The highest BCUT2D eigenvalue weighted by molar-refractivity contribution is 9.10. The zero-order valence-electron chi connectivity index (χ0n) is 8.64. The Bertz CT molecular complexity index is 579. The molecule has 17 heavy (non-hydrogen) atoms. The molecular weight excluding hydrogens is 286 g/mol. The lowest BCUT2D eigenvalue weighted by Gasteiger charge is -2.25. The maximum absolute atomic E-state index is 11.8. The number of ether oxygens (including phenoxy) is 1. The van der Waals surface area contributed by atoms with Gasteiger partial charge in [-0.3, -0.25) is 4.79 Å². The standard InChI is InChI=1S/C12H8BrNO3/c13-10-6-5-9(16-10)12-14-11(15)7-3-1-2-4-8(7)17-12/h1-6,12H,(H,14,15). The van der Waals surface area contributed by atoms with Gasteiger partial charge in [0, 0.05) is 0 Å². The second-order valence-corrected chi connectivity index (χ2v) is 4.39. The molecule has 5 heteroatoms. The number of benzene rings is 1. The van der Waals surface area contributed by atoms with E-state index in [2.05, 4.69) is 21.2 Å². The molecule has 0 spiro atoms. The number of para-hydroxylation sites is 1. The summed E-state index contributed by atoms with van der Waals surface area (Å²) in [7, 11) is 0. The van der Waals surface area contributed by atoms with Crippen LogP contribution in [0.3, 0.4) is 0 Å². The fourth-order valence-corrected chi connectivity index (χ4v) is 2.03. The number of nitrogens with one attached hydrogen (secondary N) is 1. The highest BCUT2D eigenvalue weighted by atomic mass is 79.9. The van der Waals surface area contributed by atoms with Crippen molar-refractivity contribution < 1.29 is 13.9 Å². The third-order valence-corrected chi connectivity index (χ3v) is 2.92. The maximum Gasteiger partial charge on any atom is 0.258 e. The van der Waals surface area contributed by atoms with Gasteiger partial charge in [0.15, 0.2) is 10.4 Å². The van der Waals surface area contributed by atoms with Crippen molar-refractivity contribution in [3.8, 4) is 5.75 Å². The van der Waals surface area contributed by atoms with Gasteiger partial charge in [-0.15, -0.1) is 0 Å². The second kappa shape index (κ2) is 3.92. The molecular formula is C12H8BrNO3. The Balaban J connectivity index is 1.96. The van der Waals surface area contributed by atoms with Crippen molar-refractivity contribution in [2.75, 3.05) is 0 Å². The summed E-state index contributed by atoms with van der Waals surface area (Å²) in [6, 6.07) is 10.6. The number of hydrogen-bond donors (Lipinski definition) is 1. The predicted octanol–water partition coefficient (Wildman–Crippen LogP) is 2.86. The Morgan fingerprint density at radius 2 is 2.00 bits per heavy atom. The van der Waals surface area contributed by atoms with Crippen LogP contribution in [-0.4, -0.2) is 5.91 Å². The van der Waals surface area contributed by atoms with Gasteiger partial charge < -0.3 is 14.5 Å². The Labute approximate surface area is 106 Å². The highest BCUT2D eigenvalue weighted by Crippen LogP contribution is 2.30. The van der Waals surface area contributed by atoms with E-state index in [0.717, 1.165) is 0 Å². The normalized spacial score (nSPS) is 18.2.